The van der Waals surface area contributed by atoms with Crippen molar-refractivity contribution in [3.05, 3.63) is 0 Å². The van der Waals surface area contributed by atoms with Crippen LogP contribution in [0.2, 0.25) is 0 Å². The van der Waals surface area contributed by atoms with E-state index in [1.807, 2.05) is 13.8 Å². The maximum atomic E-state index is 13.7. The number of hydrogen-bond acceptors (Lipinski definition) is 7. The molecule has 10 heteroatoms. The zero-order valence-corrected chi connectivity index (χ0v) is 22.5. The van der Waals surface area contributed by atoms with Gasteiger partial charge < -0.3 is 9.84 Å². The van der Waals surface area contributed by atoms with Gasteiger partial charge in [0.25, 0.3) is 0 Å². The maximum absolute atomic E-state index is 13.7. The number of hydrogen-bond donors (Lipinski definition) is 2. The SMILES string of the molecule is CC(=O)O[C@@H]1CC[C@@]2(C)[C@H](CC(=O)[C@@H]3[C@@H]2C[C@H](OS(=O)(=O)O)[C@]2(C)[C@@H]([C@H](C)CCC(=O)O)CC[C@@H]32)C1. The van der Waals surface area contributed by atoms with Gasteiger partial charge in [0.1, 0.15) is 11.9 Å². The number of carbonyl (C=O) groups excluding carboxylic acids is 2. The van der Waals surface area contributed by atoms with E-state index in [0.717, 1.165) is 19.3 Å². The van der Waals surface area contributed by atoms with Gasteiger partial charge in [-0.2, -0.15) is 8.42 Å². The molecule has 0 radical (unpaired) electrons. The quantitative estimate of drug-likeness (QED) is 0.369. The molecule has 0 saturated heterocycles. The molecular formula is C26H40O9S. The molecule has 0 bridgehead atoms. The van der Waals surface area contributed by atoms with E-state index in [1.54, 1.807) is 0 Å². The van der Waals surface area contributed by atoms with Crippen LogP contribution >= 0.6 is 0 Å². The molecule has 0 aromatic heterocycles. The first kappa shape index (κ1) is 27.5. The molecule has 4 fully saturated rings. The van der Waals surface area contributed by atoms with Gasteiger partial charge in [-0.05, 0) is 80.0 Å². The molecule has 0 aromatic carbocycles. The van der Waals surface area contributed by atoms with E-state index in [0.29, 0.717) is 32.1 Å². The highest BCUT2D eigenvalue weighted by molar-refractivity contribution is 7.80. The Morgan fingerprint density at radius 2 is 1.83 bits per heavy atom. The van der Waals surface area contributed by atoms with E-state index in [4.69, 9.17) is 8.92 Å². The average Bonchev–Trinajstić information content (AvgIpc) is 3.10. The zero-order chi connectivity index (χ0) is 26.6. The highest BCUT2D eigenvalue weighted by atomic mass is 32.3. The maximum Gasteiger partial charge on any atom is 0.397 e. The van der Waals surface area contributed by atoms with E-state index in [9.17, 15) is 32.5 Å². The Bertz CT molecular complexity index is 1010. The van der Waals surface area contributed by atoms with Crippen molar-refractivity contribution in [1.82, 2.24) is 0 Å². The van der Waals surface area contributed by atoms with Crippen LogP contribution in [0.3, 0.4) is 0 Å². The molecule has 0 aromatic rings. The third-order valence-corrected chi connectivity index (χ3v) is 11.1. The number of carbonyl (C=O) groups is 3. The second-order valence-corrected chi connectivity index (χ2v) is 13.4. The van der Waals surface area contributed by atoms with Crippen LogP contribution in [0.25, 0.3) is 0 Å². The molecule has 4 rings (SSSR count). The summed E-state index contributed by atoms with van der Waals surface area (Å²) in [5.74, 6) is -1.42. The number of Topliss-reactive ketones (excluding diaryl/α,β-unsaturated/α-hetero) is 1. The molecule has 2 N–H and O–H groups in total. The predicted octanol–water partition coefficient (Wildman–Crippen LogP) is 4.05. The van der Waals surface area contributed by atoms with Crippen molar-refractivity contribution < 1.29 is 41.4 Å². The number of rotatable bonds is 7. The fourth-order valence-corrected chi connectivity index (χ4v) is 9.56. The van der Waals surface area contributed by atoms with Gasteiger partial charge in [-0.15, -0.1) is 0 Å². The lowest BCUT2D eigenvalue weighted by atomic mass is 9.43. The molecule has 4 aliphatic carbocycles. The molecular weight excluding hydrogens is 488 g/mol. The number of aliphatic carboxylic acids is 1. The number of esters is 1. The molecule has 4 aliphatic rings. The topological polar surface area (TPSA) is 144 Å². The Morgan fingerprint density at radius 3 is 2.44 bits per heavy atom. The number of carboxylic acid groups (broad SMARTS) is 1. The van der Waals surface area contributed by atoms with Crippen LogP contribution in [-0.2, 0) is 33.7 Å². The first-order valence-corrected chi connectivity index (χ1v) is 14.6. The van der Waals surface area contributed by atoms with Crippen LogP contribution in [-0.4, -0.2) is 48.0 Å². The van der Waals surface area contributed by atoms with Crippen molar-refractivity contribution in [2.24, 2.45) is 46.3 Å². The van der Waals surface area contributed by atoms with E-state index in [-0.39, 0.29) is 65.2 Å². The van der Waals surface area contributed by atoms with Crippen LogP contribution in [0.4, 0.5) is 0 Å². The van der Waals surface area contributed by atoms with E-state index < -0.39 is 27.9 Å². The van der Waals surface area contributed by atoms with Crippen LogP contribution in [0.15, 0.2) is 0 Å². The third-order valence-electron chi connectivity index (χ3n) is 10.6. The third kappa shape index (κ3) is 4.85. The van der Waals surface area contributed by atoms with Gasteiger partial charge in [0.05, 0.1) is 6.10 Å². The minimum Gasteiger partial charge on any atom is -0.481 e. The lowest BCUT2D eigenvalue weighted by Gasteiger charge is -2.62. The summed E-state index contributed by atoms with van der Waals surface area (Å²) in [6.07, 6.45) is 3.83. The van der Waals surface area contributed by atoms with Gasteiger partial charge >= 0.3 is 22.3 Å². The normalized spacial score (nSPS) is 43.1. The van der Waals surface area contributed by atoms with Gasteiger partial charge in [0.2, 0.25) is 0 Å². The highest BCUT2D eigenvalue weighted by Gasteiger charge is 2.67. The van der Waals surface area contributed by atoms with Crippen LogP contribution < -0.4 is 0 Å². The second-order valence-electron chi connectivity index (χ2n) is 12.3. The van der Waals surface area contributed by atoms with Gasteiger partial charge in [-0.25, -0.2) is 4.18 Å². The Hall–Kier alpha value is -1.52. The fourth-order valence-electron chi connectivity index (χ4n) is 8.99. The summed E-state index contributed by atoms with van der Waals surface area (Å²) < 4.78 is 44.6. The van der Waals surface area contributed by atoms with Crippen molar-refractivity contribution in [1.29, 1.82) is 0 Å². The van der Waals surface area contributed by atoms with E-state index in [2.05, 4.69) is 6.92 Å². The fraction of sp³-hybridized carbons (Fsp3) is 0.885. The summed E-state index contributed by atoms with van der Waals surface area (Å²) in [5, 5.41) is 9.19. The van der Waals surface area contributed by atoms with Gasteiger partial charge in [-0.1, -0.05) is 20.8 Å². The van der Waals surface area contributed by atoms with Crippen molar-refractivity contribution in [3.63, 3.8) is 0 Å². The van der Waals surface area contributed by atoms with Crippen LogP contribution in [0.1, 0.15) is 85.5 Å². The highest BCUT2D eigenvalue weighted by Crippen LogP contribution is 2.68. The molecule has 0 heterocycles. The molecule has 10 atom stereocenters. The van der Waals surface area contributed by atoms with Crippen molar-refractivity contribution in [3.8, 4) is 0 Å². The largest absolute Gasteiger partial charge is 0.481 e. The van der Waals surface area contributed by atoms with Gasteiger partial charge in [-0.3, -0.25) is 18.9 Å². The molecule has 0 amide bonds. The standard InChI is InChI=1S/C26H40O9S/c1-14(5-8-23(29)30)18-6-7-19-24-20(13-22(26(18,19)4)35-36(31,32)33)25(3)10-9-17(34-15(2)27)11-16(25)12-21(24)28/h14,16-20,22,24H,5-13H2,1-4H3,(H,29,30)(H,31,32,33)/t14-,16+,17-,18-,19+,20+,22+,24+,25+,26-/m1/s1. The number of fused-ring (bicyclic) bond motifs is 5. The zero-order valence-electron chi connectivity index (χ0n) is 21.6. The lowest BCUT2D eigenvalue weighted by molar-refractivity contribution is -0.181. The van der Waals surface area contributed by atoms with E-state index >= 15 is 0 Å². The molecule has 0 spiro atoms. The Morgan fingerprint density at radius 1 is 1.14 bits per heavy atom. The molecule has 204 valence electrons. The minimum absolute atomic E-state index is 0.00124. The van der Waals surface area contributed by atoms with E-state index in [1.165, 1.54) is 6.92 Å². The Kier molecular flexibility index (Phi) is 7.38. The summed E-state index contributed by atoms with van der Waals surface area (Å²) in [6, 6.07) is 0. The summed E-state index contributed by atoms with van der Waals surface area (Å²) in [4.78, 5) is 36.5. The second kappa shape index (κ2) is 9.66. The van der Waals surface area contributed by atoms with Crippen molar-refractivity contribution in [2.45, 2.75) is 97.7 Å². The van der Waals surface area contributed by atoms with Crippen molar-refractivity contribution >= 4 is 28.1 Å². The lowest BCUT2D eigenvalue weighted by Crippen LogP contribution is -2.62. The smallest absolute Gasteiger partial charge is 0.397 e. The molecule has 0 aliphatic heterocycles. The first-order valence-electron chi connectivity index (χ1n) is 13.2. The molecule has 36 heavy (non-hydrogen) atoms. The van der Waals surface area contributed by atoms with Crippen LogP contribution in [0.5, 0.6) is 0 Å². The Labute approximate surface area is 213 Å². The summed E-state index contributed by atoms with van der Waals surface area (Å²) >= 11 is 0. The molecule has 4 saturated carbocycles. The van der Waals surface area contributed by atoms with Crippen LogP contribution in [0, 0.1) is 46.3 Å². The monoisotopic (exact) mass is 528 g/mol. The predicted molar refractivity (Wildman–Crippen MR) is 129 cm³/mol. The molecule has 9 nitrogen and oxygen atoms in total. The number of ketones is 1. The minimum atomic E-state index is -4.73. The average molecular weight is 529 g/mol. The first-order chi connectivity index (χ1) is 16.7. The summed E-state index contributed by atoms with van der Waals surface area (Å²) in [6.45, 7) is 7.55. The number of ether oxygens (including phenoxy) is 1. The van der Waals surface area contributed by atoms with Gasteiger partial charge in [0.15, 0.2) is 0 Å². The van der Waals surface area contributed by atoms with Gasteiger partial charge in [0, 0.05) is 31.1 Å². The summed E-state index contributed by atoms with van der Waals surface area (Å²) in [7, 11) is -4.73. The van der Waals surface area contributed by atoms with Crippen molar-refractivity contribution in [2.75, 3.05) is 0 Å². The number of carboxylic acids is 1. The molecule has 0 unspecified atom stereocenters. The summed E-state index contributed by atoms with van der Waals surface area (Å²) in [5.41, 5.74) is -0.910. The Balaban J connectivity index is 1.68.